The van der Waals surface area contributed by atoms with E-state index in [0.29, 0.717) is 19.6 Å². The average Bonchev–Trinajstić information content (AvgIpc) is 3.03. The molecule has 1 aliphatic heterocycles. The number of nitrogens with zero attached hydrogens (tertiary/aromatic N) is 3. The van der Waals surface area contributed by atoms with E-state index >= 15 is 0 Å². The molecule has 5 nitrogen and oxygen atoms in total. The van der Waals surface area contributed by atoms with Gasteiger partial charge in [0, 0.05) is 18.6 Å². The first-order valence-electron chi connectivity index (χ1n) is 7.38. The van der Waals surface area contributed by atoms with Crippen LogP contribution >= 0.6 is 0 Å². The van der Waals surface area contributed by atoms with Gasteiger partial charge in [0.05, 0.1) is 18.8 Å². The highest BCUT2D eigenvalue weighted by molar-refractivity contribution is 5.57. The summed E-state index contributed by atoms with van der Waals surface area (Å²) in [5, 5.41) is 7.93. The third-order valence-corrected chi connectivity index (χ3v) is 3.74. The topological polar surface area (TPSA) is 49.2 Å². The van der Waals surface area contributed by atoms with E-state index in [1.54, 1.807) is 10.9 Å². The van der Waals surface area contributed by atoms with Crippen LogP contribution in [-0.2, 0) is 9.47 Å². The third-order valence-electron chi connectivity index (χ3n) is 3.74. The van der Waals surface area contributed by atoms with Gasteiger partial charge >= 0.3 is 0 Å². The van der Waals surface area contributed by atoms with Crippen LogP contribution in [0.1, 0.15) is 25.8 Å². The summed E-state index contributed by atoms with van der Waals surface area (Å²) >= 11 is 0. The molecule has 23 heavy (non-hydrogen) atoms. The summed E-state index contributed by atoms with van der Waals surface area (Å²) in [6.07, 6.45) is 2.64. The molecule has 2 atom stereocenters. The van der Waals surface area contributed by atoms with Gasteiger partial charge in [-0.25, -0.2) is 17.9 Å². The molecule has 8 heteroatoms. The van der Waals surface area contributed by atoms with Gasteiger partial charge in [0.25, 0.3) is 0 Å². The molecular weight excluding hydrogens is 311 g/mol. The first-order valence-corrected chi connectivity index (χ1v) is 7.38. The van der Waals surface area contributed by atoms with E-state index in [1.807, 2.05) is 6.92 Å². The summed E-state index contributed by atoms with van der Waals surface area (Å²) in [5.74, 6) is -4.00. The molecular formula is C15H16F3N3O2. The first-order chi connectivity index (χ1) is 11.1. The van der Waals surface area contributed by atoms with Crippen LogP contribution in [0.5, 0.6) is 0 Å². The minimum atomic E-state index is -1.50. The van der Waals surface area contributed by atoms with Gasteiger partial charge in [-0.15, -0.1) is 5.10 Å². The summed E-state index contributed by atoms with van der Waals surface area (Å²) in [4.78, 5) is 0. The Bertz CT molecular complexity index is 667. The van der Waals surface area contributed by atoms with Gasteiger partial charge in [0.15, 0.2) is 23.7 Å². The molecule has 2 aromatic rings. The molecule has 1 saturated heterocycles. The Labute approximate surface area is 131 Å². The van der Waals surface area contributed by atoms with E-state index in [4.69, 9.17) is 9.47 Å². The Morgan fingerprint density at radius 1 is 1.30 bits per heavy atom. The standard InChI is InChI=1S/C15H16F3N3O2/c1-2-22-14-7-10(3-4-23-14)21-8-13(19-20-21)9-5-11(16)15(18)12(17)6-9/h5-6,8,10,14H,2-4,7H2,1H3. The van der Waals surface area contributed by atoms with Crippen LogP contribution in [0.4, 0.5) is 13.2 Å². The summed E-state index contributed by atoms with van der Waals surface area (Å²) in [7, 11) is 0. The molecule has 0 aliphatic carbocycles. The smallest absolute Gasteiger partial charge is 0.194 e. The Hall–Kier alpha value is -1.93. The monoisotopic (exact) mass is 327 g/mol. The van der Waals surface area contributed by atoms with Gasteiger partial charge in [-0.05, 0) is 25.5 Å². The molecule has 0 radical (unpaired) electrons. The molecule has 0 spiro atoms. The van der Waals surface area contributed by atoms with E-state index in [-0.39, 0.29) is 23.6 Å². The van der Waals surface area contributed by atoms with E-state index in [1.165, 1.54) is 0 Å². The van der Waals surface area contributed by atoms with Crippen LogP contribution in [0.3, 0.4) is 0 Å². The van der Waals surface area contributed by atoms with Gasteiger partial charge in [-0.2, -0.15) is 0 Å². The highest BCUT2D eigenvalue weighted by atomic mass is 19.2. The fourth-order valence-electron chi connectivity index (χ4n) is 2.58. The highest BCUT2D eigenvalue weighted by Gasteiger charge is 2.25. The molecule has 0 bridgehead atoms. The lowest BCUT2D eigenvalue weighted by molar-refractivity contribution is -0.170. The minimum absolute atomic E-state index is 0.0247. The van der Waals surface area contributed by atoms with Crippen molar-refractivity contribution in [3.05, 3.63) is 35.8 Å². The fraction of sp³-hybridized carbons (Fsp3) is 0.467. The molecule has 2 unspecified atom stereocenters. The zero-order valence-electron chi connectivity index (χ0n) is 12.5. The van der Waals surface area contributed by atoms with Crippen molar-refractivity contribution in [2.45, 2.75) is 32.1 Å². The van der Waals surface area contributed by atoms with E-state index < -0.39 is 17.5 Å². The maximum Gasteiger partial charge on any atom is 0.194 e. The van der Waals surface area contributed by atoms with Crippen LogP contribution in [0, 0.1) is 17.5 Å². The number of hydrogen-bond acceptors (Lipinski definition) is 4. The summed E-state index contributed by atoms with van der Waals surface area (Å²) < 4.78 is 52.2. The van der Waals surface area contributed by atoms with E-state index in [0.717, 1.165) is 18.6 Å². The van der Waals surface area contributed by atoms with Crippen molar-refractivity contribution >= 4 is 0 Å². The molecule has 1 aromatic carbocycles. The second kappa shape index (κ2) is 6.67. The number of rotatable bonds is 4. The zero-order chi connectivity index (χ0) is 16.4. The SMILES string of the molecule is CCOC1CC(n2cc(-c3cc(F)c(F)c(F)c3)nn2)CCO1. The maximum absolute atomic E-state index is 13.3. The largest absolute Gasteiger partial charge is 0.353 e. The Morgan fingerprint density at radius 3 is 2.74 bits per heavy atom. The lowest BCUT2D eigenvalue weighted by Gasteiger charge is -2.28. The van der Waals surface area contributed by atoms with Gasteiger partial charge in [0.2, 0.25) is 0 Å². The van der Waals surface area contributed by atoms with Crippen molar-refractivity contribution < 1.29 is 22.6 Å². The first kappa shape index (κ1) is 15.9. The van der Waals surface area contributed by atoms with Crippen molar-refractivity contribution in [3.63, 3.8) is 0 Å². The predicted molar refractivity (Wildman–Crippen MR) is 75.0 cm³/mol. The molecule has 3 rings (SSSR count). The maximum atomic E-state index is 13.3. The molecule has 1 aliphatic rings. The van der Waals surface area contributed by atoms with Crippen LogP contribution in [-0.4, -0.2) is 34.5 Å². The molecule has 1 aromatic heterocycles. The number of halogens is 3. The summed E-state index contributed by atoms with van der Waals surface area (Å²) in [6.45, 7) is 2.97. The second-order valence-electron chi connectivity index (χ2n) is 5.27. The molecule has 1 fully saturated rings. The Morgan fingerprint density at radius 2 is 2.04 bits per heavy atom. The van der Waals surface area contributed by atoms with E-state index in [9.17, 15) is 13.2 Å². The second-order valence-corrected chi connectivity index (χ2v) is 5.27. The van der Waals surface area contributed by atoms with Gasteiger partial charge in [-0.3, -0.25) is 0 Å². The van der Waals surface area contributed by atoms with E-state index in [2.05, 4.69) is 10.3 Å². The van der Waals surface area contributed by atoms with Crippen LogP contribution in [0.15, 0.2) is 18.3 Å². The molecule has 0 saturated carbocycles. The zero-order valence-corrected chi connectivity index (χ0v) is 12.5. The quantitative estimate of drug-likeness (QED) is 0.810. The fourth-order valence-corrected chi connectivity index (χ4v) is 2.58. The Balaban J connectivity index is 1.80. The van der Waals surface area contributed by atoms with Gasteiger partial charge in [0.1, 0.15) is 5.69 Å². The van der Waals surface area contributed by atoms with Crippen molar-refractivity contribution in [3.8, 4) is 11.3 Å². The summed E-state index contributed by atoms with van der Waals surface area (Å²) in [5.41, 5.74) is 0.420. The van der Waals surface area contributed by atoms with Crippen LogP contribution in [0.25, 0.3) is 11.3 Å². The molecule has 0 amide bonds. The van der Waals surface area contributed by atoms with Crippen molar-refractivity contribution in [1.82, 2.24) is 15.0 Å². The average molecular weight is 327 g/mol. The van der Waals surface area contributed by atoms with Gasteiger partial charge < -0.3 is 9.47 Å². The minimum Gasteiger partial charge on any atom is -0.353 e. The summed E-state index contributed by atoms with van der Waals surface area (Å²) in [6, 6.07) is 1.83. The normalized spacial score (nSPS) is 21.6. The van der Waals surface area contributed by atoms with Gasteiger partial charge in [-0.1, -0.05) is 5.21 Å². The predicted octanol–water partition coefficient (Wildman–Crippen LogP) is 3.08. The number of benzene rings is 1. The lowest BCUT2D eigenvalue weighted by Crippen LogP contribution is -2.30. The molecule has 0 N–H and O–H groups in total. The number of aromatic nitrogens is 3. The van der Waals surface area contributed by atoms with Crippen molar-refractivity contribution in [2.75, 3.05) is 13.2 Å². The number of hydrogen-bond donors (Lipinski definition) is 0. The number of ether oxygens (including phenoxy) is 2. The molecule has 2 heterocycles. The van der Waals surface area contributed by atoms with Crippen LogP contribution in [0.2, 0.25) is 0 Å². The van der Waals surface area contributed by atoms with Crippen molar-refractivity contribution in [1.29, 1.82) is 0 Å². The van der Waals surface area contributed by atoms with Crippen molar-refractivity contribution in [2.24, 2.45) is 0 Å². The highest BCUT2D eigenvalue weighted by Crippen LogP contribution is 2.27. The molecule has 124 valence electrons. The lowest BCUT2D eigenvalue weighted by atomic mass is 10.1. The third kappa shape index (κ3) is 3.37. The Kier molecular flexibility index (Phi) is 4.63. The van der Waals surface area contributed by atoms with Crippen LogP contribution < -0.4 is 0 Å².